The van der Waals surface area contributed by atoms with E-state index in [2.05, 4.69) is 311 Å². The number of benzene rings is 11. The second-order valence-corrected chi connectivity index (χ2v) is 36.9. The van der Waals surface area contributed by atoms with Crippen molar-refractivity contribution in [2.45, 2.75) is 126 Å². The third kappa shape index (κ3) is 13.8. The molecule has 0 N–H and O–H groups in total. The highest BCUT2D eigenvalue weighted by molar-refractivity contribution is 5.87. The first kappa shape index (κ1) is 71.2. The second kappa shape index (κ2) is 30.2. The summed E-state index contributed by atoms with van der Waals surface area (Å²) in [4.78, 5) is 13.2. The largest absolute Gasteiger partial charge is 0.426 e. The lowest BCUT2D eigenvalue weighted by Crippen LogP contribution is -2.44. The van der Waals surface area contributed by atoms with Gasteiger partial charge in [-0.3, -0.25) is 4.79 Å². The van der Waals surface area contributed by atoms with E-state index in [4.69, 9.17) is 4.74 Å². The summed E-state index contributed by atoms with van der Waals surface area (Å²) in [5.41, 5.74) is 12.7. The van der Waals surface area contributed by atoms with E-state index in [1.54, 1.807) is 16.7 Å². The highest BCUT2D eigenvalue weighted by Crippen LogP contribution is 2.71. The Kier molecular flexibility index (Phi) is 19.2. The van der Waals surface area contributed by atoms with Gasteiger partial charge in [0.25, 0.3) is 0 Å². The van der Waals surface area contributed by atoms with E-state index in [0.29, 0.717) is 34.8 Å². The van der Waals surface area contributed by atoms with Gasteiger partial charge in [-0.2, -0.15) is 0 Å². The lowest BCUT2D eigenvalue weighted by atomic mass is 9.63. The molecule has 14 aliphatic carbocycles. The van der Waals surface area contributed by atoms with E-state index in [-0.39, 0.29) is 11.4 Å². The van der Waals surface area contributed by atoms with Crippen molar-refractivity contribution in [3.63, 3.8) is 0 Å². The quantitative estimate of drug-likeness (QED) is 0.0623. The SMILES string of the molecule is C1=CC2CC1CC2c1ccc(-c2ccccc2)cc1.C1=CC2CC1CC2c1ccc2ccccc2c1.C1=CC2CC1CC2c1cccc2ccccc12.C1=CC2CC1CC2c1ccccc1.CC1(C(=O)Oc2ccc(-c3ccccc3)cc2)CC2CC1C1C3C=CC(C3)C21.CC1(c2ccc3ccccc3c2)CC2C=CC1C2. The van der Waals surface area contributed by atoms with Crippen LogP contribution in [-0.2, 0) is 10.2 Å². The monoisotopic (exact) mass is 1460 g/mol. The van der Waals surface area contributed by atoms with E-state index >= 15 is 0 Å². The second-order valence-electron chi connectivity index (χ2n) is 36.9. The predicted molar refractivity (Wildman–Crippen MR) is 465 cm³/mol. The smallest absolute Gasteiger partial charge is 0.317 e. The van der Waals surface area contributed by atoms with Crippen molar-refractivity contribution in [3.8, 4) is 28.0 Å². The molecule has 22 unspecified atom stereocenters. The molecular weight excluding hydrogens is 1350 g/mol. The van der Waals surface area contributed by atoms with Gasteiger partial charge in [-0.1, -0.05) is 335 Å². The van der Waals surface area contributed by atoms with Crippen LogP contribution < -0.4 is 4.74 Å². The molecule has 0 radical (unpaired) electrons. The van der Waals surface area contributed by atoms with Gasteiger partial charge in [0.1, 0.15) is 5.75 Å². The van der Waals surface area contributed by atoms with E-state index in [1.165, 1.54) is 137 Å². The van der Waals surface area contributed by atoms with Gasteiger partial charge in [-0.15, -0.1) is 0 Å². The molecular formula is C110H108O2. The molecule has 8 fully saturated rings. The molecule has 0 aliphatic heterocycles. The van der Waals surface area contributed by atoms with Crippen LogP contribution in [0.15, 0.2) is 340 Å². The molecule has 8 saturated carbocycles. The third-order valence-corrected chi connectivity index (χ3v) is 30.6. The van der Waals surface area contributed by atoms with Gasteiger partial charge in [0, 0.05) is 0 Å². The summed E-state index contributed by atoms with van der Waals surface area (Å²) in [6, 6.07) is 96.0. The first-order chi connectivity index (χ1) is 55.0. The zero-order valence-electron chi connectivity index (χ0n) is 65.4. The van der Waals surface area contributed by atoms with Crippen LogP contribution >= 0.6 is 0 Å². The number of ether oxygens (including phenoxy) is 1. The maximum Gasteiger partial charge on any atom is 0.317 e. The number of rotatable bonds is 9. The number of hydrogen-bond acceptors (Lipinski definition) is 2. The average Bonchev–Trinajstić information content (AvgIpc) is 1.53. The number of hydrogen-bond donors (Lipinski definition) is 0. The predicted octanol–water partition coefficient (Wildman–Crippen LogP) is 27.9. The summed E-state index contributed by atoms with van der Waals surface area (Å²) in [6.07, 6.45) is 46.4. The van der Waals surface area contributed by atoms with E-state index < -0.39 is 0 Å². The van der Waals surface area contributed by atoms with Crippen molar-refractivity contribution < 1.29 is 9.53 Å². The Morgan fingerprint density at radius 3 is 1.30 bits per heavy atom. The molecule has 14 bridgehead atoms. The van der Waals surface area contributed by atoms with Crippen molar-refractivity contribution in [3.05, 3.63) is 368 Å². The van der Waals surface area contributed by atoms with Crippen LogP contribution in [0.25, 0.3) is 54.6 Å². The maximum atomic E-state index is 13.2. The van der Waals surface area contributed by atoms with Crippen molar-refractivity contribution in [2.75, 3.05) is 0 Å². The normalized spacial score (nSPS) is 33.2. The molecule has 112 heavy (non-hydrogen) atoms. The van der Waals surface area contributed by atoms with Crippen LogP contribution in [0.1, 0.15) is 149 Å². The van der Waals surface area contributed by atoms with Gasteiger partial charge in [0.2, 0.25) is 0 Å². The highest BCUT2D eigenvalue weighted by atomic mass is 16.5. The summed E-state index contributed by atoms with van der Waals surface area (Å²) in [5.74, 6) is 16.3. The minimum Gasteiger partial charge on any atom is -0.426 e. The van der Waals surface area contributed by atoms with Gasteiger partial charge < -0.3 is 4.74 Å². The zero-order chi connectivity index (χ0) is 74.9. The molecule has 0 heterocycles. The summed E-state index contributed by atoms with van der Waals surface area (Å²) >= 11 is 0. The van der Waals surface area contributed by atoms with Crippen molar-refractivity contribution in [2.24, 2.45) is 100 Å². The molecule has 11 aromatic rings. The summed E-state index contributed by atoms with van der Waals surface area (Å²) in [6.45, 7) is 4.62. The zero-order valence-corrected chi connectivity index (χ0v) is 65.4. The summed E-state index contributed by atoms with van der Waals surface area (Å²) in [7, 11) is 0. The minimum absolute atomic E-state index is 0.0161. The molecule has 0 spiro atoms. The van der Waals surface area contributed by atoms with Gasteiger partial charge in [-0.05, 0) is 309 Å². The fourth-order valence-electron chi connectivity index (χ4n) is 25.0. The molecule has 0 amide bonds. The van der Waals surface area contributed by atoms with Crippen LogP contribution in [0.2, 0.25) is 0 Å². The minimum atomic E-state index is -0.317. The fourth-order valence-corrected chi connectivity index (χ4v) is 25.0. The maximum absolute atomic E-state index is 13.2. The lowest BCUT2D eigenvalue weighted by molar-refractivity contribution is -0.150. The standard InChI is InChI=1S/C26H26O2.C19H18.C18H18.2C17H16.C13H14/c1-26(15-20-14-22(26)24-19-8-7-18(13-19)23(20)24)25(27)28-21-11-9-17(10-12-21)16-5-3-2-4-6-16;1-2-4-15(5-3-1)16-8-10-17(11-9-16)19-13-14-6-7-18(19)12-14;1-18(12-13-6-8-16(18)10-13)17-9-7-14-4-2-3-5-15(14)11-17;1-2-6-15-13(4-1)5-3-7-16(15)17-11-12-8-9-14(17)10-12;1-2-4-14-11-16(8-7-13(14)3-1)17-10-12-5-6-15(17)9-12;1-2-4-11(5-3-1)13-9-10-6-7-12(13)8-10/h2-12,18-20,22-24H,13-15H2,1H3;1-11,14,18-19H,12-13H2;2-9,11,13,16H,10,12H2,1H3;1-9,12,14,17H,10-11H2;1-8,11-12,15,17H,9-10H2;1-7,10,12-13H,8-9H2. The van der Waals surface area contributed by atoms with Crippen LogP contribution in [0.5, 0.6) is 5.75 Å². The summed E-state index contributed by atoms with van der Waals surface area (Å²) < 4.78 is 5.92. The van der Waals surface area contributed by atoms with E-state index in [9.17, 15) is 4.79 Å². The van der Waals surface area contributed by atoms with Crippen molar-refractivity contribution in [1.82, 2.24) is 0 Å². The van der Waals surface area contributed by atoms with Crippen LogP contribution in [-0.4, -0.2) is 5.97 Å². The third-order valence-electron chi connectivity index (χ3n) is 30.6. The van der Waals surface area contributed by atoms with Crippen molar-refractivity contribution in [1.29, 1.82) is 0 Å². The van der Waals surface area contributed by atoms with Crippen molar-refractivity contribution >= 4 is 38.3 Å². The lowest BCUT2D eigenvalue weighted by Gasteiger charge is -2.41. The van der Waals surface area contributed by atoms with Crippen LogP contribution in [0.3, 0.4) is 0 Å². The fraction of sp³-hybridized carbons (Fsp3) is 0.336. The highest BCUT2D eigenvalue weighted by Gasteiger charge is 2.67. The van der Waals surface area contributed by atoms with E-state index in [0.717, 1.165) is 107 Å². The van der Waals surface area contributed by atoms with Crippen LogP contribution in [0, 0.1) is 100 Å². The Labute approximate surface area is 665 Å². The van der Waals surface area contributed by atoms with Gasteiger partial charge in [0.05, 0.1) is 5.41 Å². The van der Waals surface area contributed by atoms with Gasteiger partial charge in [0.15, 0.2) is 0 Å². The topological polar surface area (TPSA) is 26.3 Å². The van der Waals surface area contributed by atoms with Gasteiger partial charge in [-0.25, -0.2) is 0 Å². The molecule has 560 valence electrons. The Morgan fingerprint density at radius 1 is 0.312 bits per heavy atom. The molecule has 0 aromatic heterocycles. The number of carbonyl (C=O) groups excluding carboxylic acids is 1. The Balaban J connectivity index is 0.0000000889. The average molecular weight is 1460 g/mol. The number of fused-ring (bicyclic) bond motifs is 22. The molecule has 25 rings (SSSR count). The molecule has 22 atom stereocenters. The number of carbonyl (C=O) groups is 1. The molecule has 2 heteroatoms. The molecule has 11 aromatic carbocycles. The van der Waals surface area contributed by atoms with E-state index in [1.807, 2.05) is 42.5 Å². The van der Waals surface area contributed by atoms with Crippen LogP contribution in [0.4, 0.5) is 0 Å². The first-order valence-electron chi connectivity index (χ1n) is 43.2. The Bertz CT molecular complexity index is 5400. The Morgan fingerprint density at radius 2 is 0.759 bits per heavy atom. The number of allylic oxidation sites excluding steroid dienone is 12. The molecule has 2 nitrogen and oxygen atoms in total. The Hall–Kier alpha value is -9.89. The van der Waals surface area contributed by atoms with Gasteiger partial charge >= 0.3 is 5.97 Å². The number of esters is 1. The molecule has 14 aliphatic rings. The molecule has 0 saturated heterocycles. The summed E-state index contributed by atoms with van der Waals surface area (Å²) in [5, 5.41) is 8.32. The first-order valence-corrected chi connectivity index (χ1v) is 43.2.